The van der Waals surface area contributed by atoms with Gasteiger partial charge in [-0.25, -0.2) is 0 Å². The van der Waals surface area contributed by atoms with Crippen molar-refractivity contribution in [3.05, 3.63) is 0 Å². The van der Waals surface area contributed by atoms with Gasteiger partial charge in [0, 0.05) is 0 Å². The van der Waals surface area contributed by atoms with E-state index in [1.807, 2.05) is 0 Å². The summed E-state index contributed by atoms with van der Waals surface area (Å²) in [6.07, 6.45) is -13.1. The number of hydrogen-bond acceptors (Lipinski definition) is 2. The zero-order chi connectivity index (χ0) is 14.6. The average molecular weight is 288 g/mol. The van der Waals surface area contributed by atoms with Crippen LogP contribution in [-0.2, 0) is 9.47 Å². The van der Waals surface area contributed by atoms with Crippen LogP contribution in [0.1, 0.15) is 20.3 Å². The first kappa shape index (κ1) is 15.4. The molecule has 0 aromatic carbocycles. The smallest absolute Gasteiger partial charge is 0.302 e. The molecule has 0 radical (unpaired) electrons. The zero-order valence-electron chi connectivity index (χ0n) is 9.05. The highest BCUT2D eigenvalue weighted by Crippen LogP contribution is 2.60. The predicted molar refractivity (Wildman–Crippen MR) is 40.7 cm³/mol. The van der Waals surface area contributed by atoms with E-state index in [0.717, 1.165) is 6.92 Å². The summed E-state index contributed by atoms with van der Waals surface area (Å²) in [7, 11) is 0. The molecule has 0 saturated carbocycles. The first-order chi connectivity index (χ1) is 7.72. The number of alkyl halides is 8. The molecule has 1 rings (SSSR count). The van der Waals surface area contributed by atoms with E-state index in [1.54, 1.807) is 0 Å². The summed E-state index contributed by atoms with van der Waals surface area (Å²) in [6.45, 7) is 1.64. The summed E-state index contributed by atoms with van der Waals surface area (Å²) < 4.78 is 108. The van der Waals surface area contributed by atoms with Crippen molar-refractivity contribution in [2.75, 3.05) is 0 Å². The lowest BCUT2D eigenvalue weighted by Crippen LogP contribution is -2.62. The van der Waals surface area contributed by atoms with Crippen LogP contribution in [0.5, 0.6) is 0 Å². The molecule has 2 nitrogen and oxygen atoms in total. The van der Waals surface area contributed by atoms with Crippen LogP contribution in [0.3, 0.4) is 0 Å². The summed E-state index contributed by atoms with van der Waals surface area (Å²) in [5.41, 5.74) is 0. The molecule has 0 amide bonds. The standard InChI is InChI=1S/C8H8F8O2/c1-3-4(2)17-5(9,7(11,12)13)6(10,18-4)8(14,15)16/h3H2,1-2H3. The molecule has 0 N–H and O–H groups in total. The molecule has 0 aliphatic carbocycles. The molecule has 0 bridgehead atoms. The fourth-order valence-corrected chi connectivity index (χ4v) is 1.37. The van der Waals surface area contributed by atoms with Crippen molar-refractivity contribution in [3.63, 3.8) is 0 Å². The topological polar surface area (TPSA) is 18.5 Å². The van der Waals surface area contributed by atoms with Crippen molar-refractivity contribution < 1.29 is 44.6 Å². The quantitative estimate of drug-likeness (QED) is 0.686. The highest BCUT2D eigenvalue weighted by molar-refractivity contribution is 5.04. The summed E-state index contributed by atoms with van der Waals surface area (Å²) in [6, 6.07) is 0. The maximum absolute atomic E-state index is 13.5. The second kappa shape index (κ2) is 3.69. The fraction of sp³-hybridized carbons (Fsp3) is 1.00. The van der Waals surface area contributed by atoms with Crippen LogP contribution in [0.15, 0.2) is 0 Å². The Kier molecular flexibility index (Phi) is 3.16. The second-order valence-electron chi connectivity index (χ2n) is 3.88. The Balaban J connectivity index is 3.39. The number of halogens is 8. The van der Waals surface area contributed by atoms with Crippen LogP contribution in [0.4, 0.5) is 35.1 Å². The Bertz CT molecular complexity index is 309. The monoisotopic (exact) mass is 288 g/mol. The third-order valence-corrected chi connectivity index (χ3v) is 2.50. The van der Waals surface area contributed by atoms with Crippen molar-refractivity contribution >= 4 is 0 Å². The van der Waals surface area contributed by atoms with E-state index in [1.165, 1.54) is 0 Å². The summed E-state index contributed by atoms with van der Waals surface area (Å²) in [4.78, 5) is 0. The Morgan fingerprint density at radius 2 is 1.11 bits per heavy atom. The van der Waals surface area contributed by atoms with E-state index in [9.17, 15) is 35.1 Å². The normalized spacial score (nSPS) is 42.3. The minimum atomic E-state index is -6.25. The molecular formula is C8H8F8O2. The van der Waals surface area contributed by atoms with Gasteiger partial charge in [0.1, 0.15) is 0 Å². The molecule has 2 atom stereocenters. The number of rotatable bonds is 1. The Morgan fingerprint density at radius 3 is 1.28 bits per heavy atom. The molecule has 10 heteroatoms. The van der Waals surface area contributed by atoms with Gasteiger partial charge in [0.15, 0.2) is 5.79 Å². The second-order valence-corrected chi connectivity index (χ2v) is 3.88. The molecular weight excluding hydrogens is 280 g/mol. The Hall–Kier alpha value is -0.640. The van der Waals surface area contributed by atoms with Crippen LogP contribution in [-0.4, -0.2) is 29.8 Å². The predicted octanol–water partition coefficient (Wildman–Crippen LogP) is 3.62. The minimum absolute atomic E-state index is 0.583. The highest BCUT2D eigenvalue weighted by atomic mass is 19.4. The van der Waals surface area contributed by atoms with Crippen LogP contribution in [0.2, 0.25) is 0 Å². The molecule has 2 unspecified atom stereocenters. The Morgan fingerprint density at radius 1 is 0.833 bits per heavy atom. The highest BCUT2D eigenvalue weighted by Gasteiger charge is 2.88. The molecule has 0 aromatic rings. The lowest BCUT2D eigenvalue weighted by molar-refractivity contribution is -0.422. The van der Waals surface area contributed by atoms with Crippen LogP contribution in [0, 0.1) is 0 Å². The van der Waals surface area contributed by atoms with Crippen molar-refractivity contribution in [2.45, 2.75) is 50.1 Å². The van der Waals surface area contributed by atoms with Crippen molar-refractivity contribution in [3.8, 4) is 0 Å². The minimum Gasteiger partial charge on any atom is -0.302 e. The third kappa shape index (κ3) is 1.85. The number of ether oxygens (including phenoxy) is 2. The molecule has 108 valence electrons. The van der Waals surface area contributed by atoms with Crippen LogP contribution >= 0.6 is 0 Å². The molecule has 1 fully saturated rings. The molecule has 0 aromatic heterocycles. The van der Waals surface area contributed by atoms with Gasteiger partial charge in [-0.05, 0) is 13.3 Å². The fourth-order valence-electron chi connectivity index (χ4n) is 1.37. The van der Waals surface area contributed by atoms with E-state index in [-0.39, 0.29) is 0 Å². The lowest BCUT2D eigenvalue weighted by Gasteiger charge is -2.32. The van der Waals surface area contributed by atoms with Crippen molar-refractivity contribution in [1.29, 1.82) is 0 Å². The third-order valence-electron chi connectivity index (χ3n) is 2.50. The van der Waals surface area contributed by atoms with Gasteiger partial charge in [0.05, 0.1) is 0 Å². The maximum Gasteiger partial charge on any atom is 0.455 e. The first-order valence-corrected chi connectivity index (χ1v) is 4.64. The first-order valence-electron chi connectivity index (χ1n) is 4.64. The average Bonchev–Trinajstić information content (AvgIpc) is 2.35. The summed E-state index contributed by atoms with van der Waals surface area (Å²) >= 11 is 0. The molecule has 1 heterocycles. The number of hydrogen-bond donors (Lipinski definition) is 0. The van der Waals surface area contributed by atoms with Gasteiger partial charge < -0.3 is 9.47 Å². The Labute approximate surface area is 95.8 Å². The van der Waals surface area contributed by atoms with Gasteiger partial charge in [-0.2, -0.15) is 35.1 Å². The van der Waals surface area contributed by atoms with Gasteiger partial charge in [-0.15, -0.1) is 0 Å². The molecule has 1 aliphatic rings. The zero-order valence-corrected chi connectivity index (χ0v) is 9.05. The maximum atomic E-state index is 13.5. The van der Waals surface area contributed by atoms with Gasteiger partial charge >= 0.3 is 24.1 Å². The van der Waals surface area contributed by atoms with Gasteiger partial charge in [0.2, 0.25) is 0 Å². The van der Waals surface area contributed by atoms with Gasteiger partial charge in [-0.3, -0.25) is 0 Å². The molecule has 1 aliphatic heterocycles. The van der Waals surface area contributed by atoms with E-state index >= 15 is 0 Å². The van der Waals surface area contributed by atoms with Crippen LogP contribution < -0.4 is 0 Å². The van der Waals surface area contributed by atoms with Crippen molar-refractivity contribution in [1.82, 2.24) is 0 Å². The van der Waals surface area contributed by atoms with Crippen molar-refractivity contribution in [2.24, 2.45) is 0 Å². The molecule has 1 saturated heterocycles. The molecule has 18 heavy (non-hydrogen) atoms. The van der Waals surface area contributed by atoms with E-state index in [2.05, 4.69) is 9.47 Å². The summed E-state index contributed by atoms with van der Waals surface area (Å²) in [5, 5.41) is 0. The van der Waals surface area contributed by atoms with E-state index in [4.69, 9.17) is 0 Å². The SMILES string of the molecule is CCC1(C)OC(F)(C(F)(F)F)C(F)(C(F)(F)F)O1. The van der Waals surface area contributed by atoms with E-state index < -0.39 is 36.3 Å². The van der Waals surface area contributed by atoms with Gasteiger partial charge in [-0.1, -0.05) is 6.92 Å². The lowest BCUT2D eigenvalue weighted by atomic mass is 10.1. The largest absolute Gasteiger partial charge is 0.455 e. The van der Waals surface area contributed by atoms with E-state index in [0.29, 0.717) is 6.92 Å². The summed E-state index contributed by atoms with van der Waals surface area (Å²) in [5.74, 6) is -13.9. The van der Waals surface area contributed by atoms with Crippen LogP contribution in [0.25, 0.3) is 0 Å². The van der Waals surface area contributed by atoms with Gasteiger partial charge in [0.25, 0.3) is 0 Å². The molecule has 0 spiro atoms.